The predicted octanol–water partition coefficient (Wildman–Crippen LogP) is 4.39. The summed E-state index contributed by atoms with van der Waals surface area (Å²) in [5.41, 5.74) is 0.0711. The first kappa shape index (κ1) is 24.7. The molecule has 1 N–H and O–H groups in total. The molecule has 1 fully saturated rings. The highest BCUT2D eigenvalue weighted by Gasteiger charge is 2.64. The number of benzene rings is 1. The fraction of sp³-hybridized carbons (Fsp3) is 0.500. The van der Waals surface area contributed by atoms with Crippen molar-refractivity contribution in [3.8, 4) is 11.8 Å². The number of nitrogens with zero attached hydrogens (tertiary/aromatic N) is 4. The smallest absolute Gasteiger partial charge is 0.254 e. The SMILES string of the molecule is CCCN(OC)c1ncc(C(=O)N[C@H]2C(C)(C)[C@H](Oc3ccc(C#N)c(Cl)c3)C2(C)C)cn1. The van der Waals surface area contributed by atoms with Gasteiger partial charge in [-0.1, -0.05) is 46.2 Å². The van der Waals surface area contributed by atoms with Crippen LogP contribution < -0.4 is 15.1 Å². The Labute approximate surface area is 199 Å². The molecule has 2 aromatic rings. The molecule has 1 aromatic carbocycles. The van der Waals surface area contributed by atoms with E-state index in [2.05, 4.69) is 43.0 Å². The van der Waals surface area contributed by atoms with Crippen LogP contribution >= 0.6 is 11.6 Å². The maximum Gasteiger partial charge on any atom is 0.254 e. The number of carbonyl (C=O) groups is 1. The van der Waals surface area contributed by atoms with Crippen molar-refractivity contribution in [3.63, 3.8) is 0 Å². The van der Waals surface area contributed by atoms with Crippen molar-refractivity contribution >= 4 is 23.5 Å². The summed E-state index contributed by atoms with van der Waals surface area (Å²) in [6.45, 7) is 10.9. The van der Waals surface area contributed by atoms with E-state index in [0.29, 0.717) is 34.4 Å². The molecule has 9 heteroatoms. The van der Waals surface area contributed by atoms with Crippen molar-refractivity contribution in [2.24, 2.45) is 10.8 Å². The van der Waals surface area contributed by atoms with Gasteiger partial charge in [-0.2, -0.15) is 5.26 Å². The van der Waals surface area contributed by atoms with Gasteiger partial charge in [-0.3, -0.25) is 9.63 Å². The van der Waals surface area contributed by atoms with Crippen LogP contribution in [0.25, 0.3) is 0 Å². The zero-order valence-electron chi connectivity index (χ0n) is 19.8. The summed E-state index contributed by atoms with van der Waals surface area (Å²) in [6.07, 6.45) is 3.71. The number of aromatic nitrogens is 2. The number of anilines is 1. The Kier molecular flexibility index (Phi) is 7.15. The average molecular weight is 472 g/mol. The van der Waals surface area contributed by atoms with Crippen molar-refractivity contribution in [1.82, 2.24) is 15.3 Å². The Hall–Kier alpha value is -2.89. The summed E-state index contributed by atoms with van der Waals surface area (Å²) >= 11 is 6.16. The number of rotatable bonds is 8. The summed E-state index contributed by atoms with van der Waals surface area (Å²) in [5.74, 6) is 0.760. The quantitative estimate of drug-likeness (QED) is 0.569. The van der Waals surface area contributed by atoms with E-state index in [9.17, 15) is 4.79 Å². The molecule has 0 atom stereocenters. The van der Waals surface area contributed by atoms with E-state index in [1.54, 1.807) is 30.4 Å². The highest BCUT2D eigenvalue weighted by atomic mass is 35.5. The number of hydrogen-bond donors (Lipinski definition) is 1. The molecule has 1 heterocycles. The lowest BCUT2D eigenvalue weighted by atomic mass is 9.49. The molecular formula is C24H30ClN5O3. The maximum absolute atomic E-state index is 13.0. The van der Waals surface area contributed by atoms with Crippen LogP contribution in [-0.2, 0) is 4.84 Å². The second kappa shape index (κ2) is 9.54. The van der Waals surface area contributed by atoms with E-state index < -0.39 is 0 Å². The minimum absolute atomic E-state index is 0.147. The van der Waals surface area contributed by atoms with Crippen molar-refractivity contribution in [2.45, 2.75) is 53.2 Å². The molecule has 0 spiro atoms. The minimum Gasteiger partial charge on any atom is -0.489 e. The van der Waals surface area contributed by atoms with Crippen LogP contribution in [0.3, 0.4) is 0 Å². The van der Waals surface area contributed by atoms with Gasteiger partial charge in [0.15, 0.2) is 0 Å². The van der Waals surface area contributed by atoms with E-state index in [4.69, 9.17) is 26.4 Å². The lowest BCUT2D eigenvalue weighted by Crippen LogP contribution is -2.74. The summed E-state index contributed by atoms with van der Waals surface area (Å²) in [4.78, 5) is 26.8. The summed E-state index contributed by atoms with van der Waals surface area (Å²) in [6, 6.07) is 6.93. The van der Waals surface area contributed by atoms with Crippen molar-refractivity contribution in [3.05, 3.63) is 46.7 Å². The first-order valence-corrected chi connectivity index (χ1v) is 11.2. The van der Waals surface area contributed by atoms with Crippen molar-refractivity contribution < 1.29 is 14.4 Å². The topological polar surface area (TPSA) is 100 Å². The van der Waals surface area contributed by atoms with E-state index in [1.807, 2.05) is 13.0 Å². The second-order valence-corrected chi connectivity index (χ2v) is 9.76. The van der Waals surface area contributed by atoms with Crippen LogP contribution in [0, 0.1) is 22.2 Å². The van der Waals surface area contributed by atoms with Crippen LogP contribution in [0.1, 0.15) is 57.0 Å². The molecule has 1 amide bonds. The lowest BCUT2D eigenvalue weighted by molar-refractivity contribution is -0.164. The molecule has 0 saturated heterocycles. The summed E-state index contributed by atoms with van der Waals surface area (Å²) < 4.78 is 6.27. The van der Waals surface area contributed by atoms with Crippen LogP contribution in [0.5, 0.6) is 5.75 Å². The monoisotopic (exact) mass is 471 g/mol. The van der Waals surface area contributed by atoms with Crippen LogP contribution in [-0.4, -0.2) is 41.7 Å². The molecule has 1 aliphatic carbocycles. The molecule has 0 radical (unpaired) electrons. The molecular weight excluding hydrogens is 442 g/mol. The van der Waals surface area contributed by atoms with Gasteiger partial charge in [-0.05, 0) is 18.6 Å². The van der Waals surface area contributed by atoms with E-state index in [1.165, 1.54) is 12.4 Å². The number of hydroxylamine groups is 1. The molecule has 0 unspecified atom stereocenters. The molecule has 0 aliphatic heterocycles. The number of amides is 1. The highest BCUT2D eigenvalue weighted by molar-refractivity contribution is 6.31. The third-order valence-electron chi connectivity index (χ3n) is 6.20. The number of halogens is 1. The van der Waals surface area contributed by atoms with Gasteiger partial charge in [-0.25, -0.2) is 15.0 Å². The first-order valence-electron chi connectivity index (χ1n) is 10.9. The van der Waals surface area contributed by atoms with E-state index in [-0.39, 0.29) is 28.9 Å². The zero-order chi connectivity index (χ0) is 24.4. The van der Waals surface area contributed by atoms with E-state index in [0.717, 1.165) is 6.42 Å². The third kappa shape index (κ3) is 4.75. The van der Waals surface area contributed by atoms with Gasteiger partial charge in [0, 0.05) is 41.9 Å². The van der Waals surface area contributed by atoms with Gasteiger partial charge in [0.1, 0.15) is 17.9 Å². The molecule has 1 aliphatic rings. The molecule has 176 valence electrons. The summed E-state index contributed by atoms with van der Waals surface area (Å²) in [7, 11) is 1.56. The Morgan fingerprint density at radius 2 is 1.88 bits per heavy atom. The van der Waals surface area contributed by atoms with Crippen LogP contribution in [0.2, 0.25) is 5.02 Å². The van der Waals surface area contributed by atoms with Gasteiger partial charge < -0.3 is 10.1 Å². The number of nitriles is 1. The number of ether oxygens (including phenoxy) is 1. The predicted molar refractivity (Wildman–Crippen MR) is 126 cm³/mol. The van der Waals surface area contributed by atoms with Crippen LogP contribution in [0.15, 0.2) is 30.6 Å². The average Bonchev–Trinajstić information content (AvgIpc) is 2.79. The Bertz CT molecular complexity index is 1030. The highest BCUT2D eigenvalue weighted by Crippen LogP contribution is 2.55. The molecule has 8 nitrogen and oxygen atoms in total. The number of nitrogens with one attached hydrogen (secondary N) is 1. The number of carbonyl (C=O) groups excluding carboxylic acids is 1. The standard InChI is InChI=1S/C24H30ClN5O3/c1-7-10-30(32-6)22-27-13-16(14-28-22)19(31)29-20-23(2,3)21(24(20,4)5)33-17-9-8-15(12-26)18(25)11-17/h8-9,11,13-14,20-21H,7,10H2,1-6H3,(H,29,31)/t20-,21-. The van der Waals surface area contributed by atoms with Crippen molar-refractivity contribution in [1.29, 1.82) is 5.26 Å². The molecule has 3 rings (SSSR count). The lowest BCUT2D eigenvalue weighted by Gasteiger charge is -2.63. The number of hydrogen-bond acceptors (Lipinski definition) is 7. The first-order chi connectivity index (χ1) is 15.6. The van der Waals surface area contributed by atoms with E-state index >= 15 is 0 Å². The van der Waals surface area contributed by atoms with Gasteiger partial charge in [0.05, 0.1) is 23.3 Å². The van der Waals surface area contributed by atoms with Gasteiger partial charge in [0.25, 0.3) is 5.91 Å². The van der Waals surface area contributed by atoms with Crippen molar-refractivity contribution in [2.75, 3.05) is 18.7 Å². The molecule has 33 heavy (non-hydrogen) atoms. The maximum atomic E-state index is 13.0. The minimum atomic E-state index is -0.353. The Morgan fingerprint density at radius 1 is 1.24 bits per heavy atom. The molecule has 1 aromatic heterocycles. The fourth-order valence-electron chi connectivity index (χ4n) is 4.85. The van der Waals surface area contributed by atoms with Gasteiger partial charge >= 0.3 is 0 Å². The summed E-state index contributed by atoms with van der Waals surface area (Å²) in [5, 5.41) is 14.1. The zero-order valence-corrected chi connectivity index (χ0v) is 20.6. The fourth-order valence-corrected chi connectivity index (χ4v) is 5.07. The Morgan fingerprint density at radius 3 is 2.39 bits per heavy atom. The Balaban J connectivity index is 1.71. The molecule has 1 saturated carbocycles. The normalized spacial score (nSPS) is 20.3. The second-order valence-electron chi connectivity index (χ2n) is 9.36. The largest absolute Gasteiger partial charge is 0.489 e. The molecule has 0 bridgehead atoms. The van der Waals surface area contributed by atoms with Gasteiger partial charge in [0.2, 0.25) is 5.95 Å². The van der Waals surface area contributed by atoms with Gasteiger partial charge in [-0.15, -0.1) is 0 Å². The van der Waals surface area contributed by atoms with Crippen LogP contribution in [0.4, 0.5) is 5.95 Å². The third-order valence-corrected chi connectivity index (χ3v) is 6.51.